The van der Waals surface area contributed by atoms with Crippen LogP contribution in [0.3, 0.4) is 0 Å². The minimum atomic E-state index is -0.381. The van der Waals surface area contributed by atoms with Crippen LogP contribution < -0.4 is 19.5 Å². The van der Waals surface area contributed by atoms with Crippen LogP contribution in [-0.4, -0.2) is 50.3 Å². The summed E-state index contributed by atoms with van der Waals surface area (Å²) in [7, 11) is 0. The largest absolute Gasteiger partial charge is 0.486 e. The summed E-state index contributed by atoms with van der Waals surface area (Å²) in [5.74, 6) is 2.02. The lowest BCUT2D eigenvalue weighted by molar-refractivity contribution is -0.126. The summed E-state index contributed by atoms with van der Waals surface area (Å²) in [5, 5.41) is 3.96. The molecule has 0 saturated carbocycles. The van der Waals surface area contributed by atoms with Gasteiger partial charge in [0.15, 0.2) is 17.3 Å². The van der Waals surface area contributed by atoms with Crippen LogP contribution in [0.1, 0.15) is 11.6 Å². The van der Waals surface area contributed by atoms with E-state index in [2.05, 4.69) is 10.2 Å². The number of ether oxygens (including phenoxy) is 3. The predicted molar refractivity (Wildman–Crippen MR) is 102 cm³/mol. The molecule has 1 atom stereocenters. The first-order valence-electron chi connectivity index (χ1n) is 8.96. The van der Waals surface area contributed by atoms with Gasteiger partial charge in [-0.3, -0.25) is 9.69 Å². The average Bonchev–Trinajstić information content (AvgIpc) is 3.16. The summed E-state index contributed by atoms with van der Waals surface area (Å²) in [6.45, 7) is 3.51. The molecule has 2 aromatic rings. The number of nitrogens with one attached hydrogen (secondary N) is 1. The third-order valence-corrected chi connectivity index (χ3v) is 4.98. The fraction of sp³-hybridized carbons (Fsp3) is 0.350. The van der Waals surface area contributed by atoms with Crippen molar-refractivity contribution in [3.05, 3.63) is 53.1 Å². The number of hydrogen-bond donors (Lipinski definition) is 1. The Kier molecular flexibility index (Phi) is 5.48. The van der Waals surface area contributed by atoms with Gasteiger partial charge in [-0.15, -0.1) is 0 Å². The number of carbonyl (C=O) groups excluding carboxylic acids is 1. The van der Waals surface area contributed by atoms with Crippen molar-refractivity contribution in [2.24, 2.45) is 0 Å². The average molecular weight is 389 g/mol. The van der Waals surface area contributed by atoms with E-state index in [4.69, 9.17) is 25.8 Å². The van der Waals surface area contributed by atoms with Gasteiger partial charge in [-0.05, 0) is 42.0 Å². The molecule has 1 unspecified atom stereocenters. The molecule has 27 heavy (non-hydrogen) atoms. The standard InChI is InChI=1S/C20H21ClN2O4/c21-15-2-4-16(5-3-15)25-12-17(24)20(23-9-7-22-8-10-23)14-1-6-18-19(11-14)27-13-26-18/h1-6,11,20,22H,7-10,12-13H2. The van der Waals surface area contributed by atoms with Gasteiger partial charge in [0.1, 0.15) is 12.4 Å². The summed E-state index contributed by atoms with van der Waals surface area (Å²) in [5.41, 5.74) is 0.894. The zero-order valence-corrected chi connectivity index (χ0v) is 15.6. The number of Topliss-reactive ketones (excluding diaryl/α,β-unsaturated/α-hetero) is 1. The Morgan fingerprint density at radius 2 is 1.85 bits per heavy atom. The highest BCUT2D eigenvalue weighted by molar-refractivity contribution is 6.30. The lowest BCUT2D eigenvalue weighted by atomic mass is 9.99. The molecule has 0 spiro atoms. The van der Waals surface area contributed by atoms with Crippen molar-refractivity contribution in [1.29, 1.82) is 0 Å². The number of nitrogens with zero attached hydrogens (tertiary/aromatic N) is 1. The molecule has 142 valence electrons. The normalized spacial score (nSPS) is 17.5. The maximum absolute atomic E-state index is 13.1. The van der Waals surface area contributed by atoms with Crippen LogP contribution in [-0.2, 0) is 4.79 Å². The fourth-order valence-corrected chi connectivity index (χ4v) is 3.51. The Hall–Kier alpha value is -2.28. The Balaban J connectivity index is 1.53. The van der Waals surface area contributed by atoms with Gasteiger partial charge in [-0.25, -0.2) is 0 Å². The van der Waals surface area contributed by atoms with E-state index in [1.54, 1.807) is 24.3 Å². The molecule has 6 nitrogen and oxygen atoms in total. The monoisotopic (exact) mass is 388 g/mol. The minimum Gasteiger partial charge on any atom is -0.486 e. The molecule has 1 fully saturated rings. The topological polar surface area (TPSA) is 60.0 Å². The van der Waals surface area contributed by atoms with E-state index in [0.29, 0.717) is 22.3 Å². The number of fused-ring (bicyclic) bond motifs is 1. The first-order chi connectivity index (χ1) is 13.2. The highest BCUT2D eigenvalue weighted by Gasteiger charge is 2.30. The Labute approximate surface area is 163 Å². The zero-order chi connectivity index (χ0) is 18.6. The number of hydrogen-bond acceptors (Lipinski definition) is 6. The molecule has 2 aromatic carbocycles. The lowest BCUT2D eigenvalue weighted by Crippen LogP contribution is -2.47. The lowest BCUT2D eigenvalue weighted by Gasteiger charge is -2.34. The maximum Gasteiger partial charge on any atom is 0.231 e. The molecule has 0 amide bonds. The van der Waals surface area contributed by atoms with Crippen LogP contribution in [0.4, 0.5) is 0 Å². The Morgan fingerprint density at radius 1 is 1.11 bits per heavy atom. The number of ketones is 1. The van der Waals surface area contributed by atoms with E-state index in [9.17, 15) is 4.79 Å². The van der Waals surface area contributed by atoms with Crippen molar-refractivity contribution in [3.63, 3.8) is 0 Å². The van der Waals surface area contributed by atoms with Crippen LogP contribution in [0, 0.1) is 0 Å². The molecule has 0 aliphatic carbocycles. The number of piperazine rings is 1. The first kappa shape index (κ1) is 18.1. The van der Waals surface area contributed by atoms with Gasteiger partial charge in [0.05, 0.1) is 6.04 Å². The molecule has 4 rings (SSSR count). The van der Waals surface area contributed by atoms with Crippen LogP contribution in [0.15, 0.2) is 42.5 Å². The predicted octanol–water partition coefficient (Wildman–Crippen LogP) is 2.66. The van der Waals surface area contributed by atoms with Crippen molar-refractivity contribution in [2.45, 2.75) is 6.04 Å². The van der Waals surface area contributed by atoms with Crippen molar-refractivity contribution < 1.29 is 19.0 Å². The summed E-state index contributed by atoms with van der Waals surface area (Å²) < 4.78 is 16.6. The Morgan fingerprint density at radius 3 is 2.63 bits per heavy atom. The maximum atomic E-state index is 13.1. The van der Waals surface area contributed by atoms with Crippen molar-refractivity contribution in [3.8, 4) is 17.2 Å². The minimum absolute atomic E-state index is 0.00529. The molecular formula is C20H21ClN2O4. The van der Waals surface area contributed by atoms with Gasteiger partial charge in [0.2, 0.25) is 6.79 Å². The number of carbonyl (C=O) groups is 1. The van der Waals surface area contributed by atoms with Crippen LogP contribution in [0.2, 0.25) is 5.02 Å². The molecular weight excluding hydrogens is 368 g/mol. The van der Waals surface area contributed by atoms with Gasteiger partial charge in [-0.1, -0.05) is 17.7 Å². The van der Waals surface area contributed by atoms with Gasteiger partial charge < -0.3 is 19.5 Å². The molecule has 2 aliphatic heterocycles. The highest BCUT2D eigenvalue weighted by Crippen LogP contribution is 2.36. The summed E-state index contributed by atoms with van der Waals surface area (Å²) in [4.78, 5) is 15.3. The van der Waals surface area contributed by atoms with Crippen LogP contribution >= 0.6 is 11.6 Å². The molecule has 2 aliphatic rings. The van der Waals surface area contributed by atoms with E-state index in [1.807, 2.05) is 18.2 Å². The molecule has 7 heteroatoms. The molecule has 1 N–H and O–H groups in total. The number of halogens is 1. The van der Waals surface area contributed by atoms with E-state index >= 15 is 0 Å². The van der Waals surface area contributed by atoms with E-state index in [-0.39, 0.29) is 25.2 Å². The molecule has 0 bridgehead atoms. The van der Waals surface area contributed by atoms with E-state index < -0.39 is 0 Å². The SMILES string of the molecule is O=C(COc1ccc(Cl)cc1)C(c1ccc2c(c1)OCO2)N1CCNCC1. The molecule has 0 aromatic heterocycles. The third-order valence-electron chi connectivity index (χ3n) is 4.73. The summed E-state index contributed by atoms with van der Waals surface area (Å²) in [6.07, 6.45) is 0. The van der Waals surface area contributed by atoms with Crippen LogP contribution in [0.5, 0.6) is 17.2 Å². The number of rotatable bonds is 6. The molecule has 0 radical (unpaired) electrons. The van der Waals surface area contributed by atoms with Crippen molar-refractivity contribution in [2.75, 3.05) is 39.6 Å². The highest BCUT2D eigenvalue weighted by atomic mass is 35.5. The molecule has 1 saturated heterocycles. The first-order valence-corrected chi connectivity index (χ1v) is 9.34. The second-order valence-corrected chi connectivity index (χ2v) is 6.95. The zero-order valence-electron chi connectivity index (χ0n) is 14.8. The summed E-state index contributed by atoms with van der Waals surface area (Å²) in [6, 6.07) is 12.3. The van der Waals surface area contributed by atoms with Gasteiger partial charge in [-0.2, -0.15) is 0 Å². The second-order valence-electron chi connectivity index (χ2n) is 6.51. The molecule has 2 heterocycles. The third kappa shape index (κ3) is 4.18. The van der Waals surface area contributed by atoms with Crippen molar-refractivity contribution in [1.82, 2.24) is 10.2 Å². The smallest absolute Gasteiger partial charge is 0.231 e. The van der Waals surface area contributed by atoms with Crippen LogP contribution in [0.25, 0.3) is 0 Å². The summed E-state index contributed by atoms with van der Waals surface area (Å²) >= 11 is 5.90. The van der Waals surface area contributed by atoms with Crippen molar-refractivity contribution >= 4 is 17.4 Å². The Bertz CT molecular complexity index is 806. The van der Waals surface area contributed by atoms with E-state index in [1.165, 1.54) is 0 Å². The van der Waals surface area contributed by atoms with Gasteiger partial charge in [0.25, 0.3) is 0 Å². The number of benzene rings is 2. The fourth-order valence-electron chi connectivity index (χ4n) is 3.39. The second kappa shape index (κ2) is 8.17. The van der Waals surface area contributed by atoms with Gasteiger partial charge >= 0.3 is 0 Å². The quantitative estimate of drug-likeness (QED) is 0.821. The van der Waals surface area contributed by atoms with Gasteiger partial charge in [0, 0.05) is 31.2 Å². The van der Waals surface area contributed by atoms with E-state index in [0.717, 1.165) is 31.7 Å².